The molecule has 3 saturated carbocycles. The molecular formula is C10H14O2. The van der Waals surface area contributed by atoms with Crippen molar-refractivity contribution in [2.75, 3.05) is 0 Å². The summed E-state index contributed by atoms with van der Waals surface area (Å²) >= 11 is 0. The Kier molecular flexibility index (Phi) is 1.13. The Bertz CT molecular complexity index is 244. The third-order valence-electron chi connectivity index (χ3n) is 4.32. The number of Topliss-reactive ketones (excluding diaryl/α,β-unsaturated/α-hetero) is 1. The average molecular weight is 166 g/mol. The Hall–Kier alpha value is -0.370. The maximum absolute atomic E-state index is 11.5. The molecule has 0 aromatic rings. The Morgan fingerprint density at radius 3 is 3.00 bits per heavy atom. The van der Waals surface area contributed by atoms with Crippen LogP contribution in [0.5, 0.6) is 0 Å². The van der Waals surface area contributed by atoms with Gasteiger partial charge in [0, 0.05) is 12.3 Å². The quantitative estimate of drug-likeness (QED) is 0.585. The molecular weight excluding hydrogens is 152 g/mol. The van der Waals surface area contributed by atoms with Gasteiger partial charge in [-0.2, -0.15) is 0 Å². The van der Waals surface area contributed by atoms with Crippen LogP contribution in [-0.2, 0) is 4.79 Å². The molecule has 0 radical (unpaired) electrons. The van der Waals surface area contributed by atoms with Crippen molar-refractivity contribution in [3.05, 3.63) is 0 Å². The summed E-state index contributed by atoms with van der Waals surface area (Å²) in [7, 11) is 0. The summed E-state index contributed by atoms with van der Waals surface area (Å²) in [5.41, 5.74) is -0.345. The first-order valence-electron chi connectivity index (χ1n) is 4.96. The number of aliphatic hydroxyl groups is 1. The number of fused-ring (bicyclic) bond motifs is 2. The van der Waals surface area contributed by atoms with E-state index in [0.717, 1.165) is 32.1 Å². The third-order valence-corrected chi connectivity index (χ3v) is 4.32. The second-order valence-electron chi connectivity index (χ2n) is 4.73. The Balaban J connectivity index is 1.94. The van der Waals surface area contributed by atoms with Gasteiger partial charge in [-0.3, -0.25) is 4.79 Å². The van der Waals surface area contributed by atoms with Crippen LogP contribution < -0.4 is 0 Å². The Labute approximate surface area is 72.0 Å². The summed E-state index contributed by atoms with van der Waals surface area (Å²) in [5, 5.41) is 10.0. The maximum Gasteiger partial charge on any atom is 0.136 e. The fraction of sp³-hybridized carbons (Fsp3) is 0.900. The maximum atomic E-state index is 11.5. The molecule has 0 amide bonds. The Morgan fingerprint density at radius 1 is 1.42 bits per heavy atom. The van der Waals surface area contributed by atoms with Crippen molar-refractivity contribution >= 4 is 5.78 Å². The van der Waals surface area contributed by atoms with E-state index < -0.39 is 0 Å². The molecule has 3 fully saturated rings. The molecule has 0 heterocycles. The minimum absolute atomic E-state index is 0.331. The van der Waals surface area contributed by atoms with Crippen molar-refractivity contribution in [2.45, 2.75) is 37.7 Å². The fourth-order valence-corrected chi connectivity index (χ4v) is 3.64. The van der Waals surface area contributed by atoms with Crippen molar-refractivity contribution in [2.24, 2.45) is 17.8 Å². The van der Waals surface area contributed by atoms with Gasteiger partial charge in [0.05, 0.1) is 5.60 Å². The molecule has 4 atom stereocenters. The summed E-state index contributed by atoms with van der Waals surface area (Å²) < 4.78 is 0. The van der Waals surface area contributed by atoms with Crippen molar-refractivity contribution in [1.29, 1.82) is 0 Å². The molecule has 1 N–H and O–H groups in total. The molecule has 0 saturated heterocycles. The zero-order valence-electron chi connectivity index (χ0n) is 7.12. The number of ketones is 1. The predicted octanol–water partition coefficient (Wildman–Crippen LogP) is 1.13. The molecule has 0 spiro atoms. The zero-order chi connectivity index (χ0) is 8.34. The van der Waals surface area contributed by atoms with E-state index in [1.54, 1.807) is 0 Å². The first kappa shape index (κ1) is 7.07. The van der Waals surface area contributed by atoms with Gasteiger partial charge < -0.3 is 5.11 Å². The molecule has 0 aliphatic heterocycles. The number of hydrogen-bond acceptors (Lipinski definition) is 2. The highest BCUT2D eigenvalue weighted by molar-refractivity contribution is 5.83. The van der Waals surface area contributed by atoms with Gasteiger partial charge in [0.15, 0.2) is 0 Å². The number of carbonyl (C=O) groups is 1. The summed E-state index contributed by atoms with van der Waals surface area (Å²) in [6.07, 6.45) is 4.43. The smallest absolute Gasteiger partial charge is 0.136 e. The summed E-state index contributed by atoms with van der Waals surface area (Å²) in [6, 6.07) is 0. The molecule has 3 rings (SSSR count). The van der Waals surface area contributed by atoms with Crippen LogP contribution in [0.15, 0.2) is 0 Å². The lowest BCUT2D eigenvalue weighted by molar-refractivity contribution is -0.207. The molecule has 2 heteroatoms. The van der Waals surface area contributed by atoms with E-state index in [1.165, 1.54) is 0 Å². The highest BCUT2D eigenvalue weighted by Crippen LogP contribution is 2.60. The SMILES string of the molecule is O=C1CC[C@@H]2[C@H]3C[C@]2(O)CC[C@@H]13. The van der Waals surface area contributed by atoms with Crippen LogP contribution in [0.3, 0.4) is 0 Å². The normalized spacial score (nSPS) is 56.4. The van der Waals surface area contributed by atoms with E-state index >= 15 is 0 Å². The van der Waals surface area contributed by atoms with Crippen LogP contribution in [0.25, 0.3) is 0 Å². The van der Waals surface area contributed by atoms with E-state index in [-0.39, 0.29) is 5.60 Å². The second-order valence-corrected chi connectivity index (χ2v) is 4.73. The molecule has 0 aromatic heterocycles. The van der Waals surface area contributed by atoms with Crippen LogP contribution in [0.1, 0.15) is 32.1 Å². The van der Waals surface area contributed by atoms with E-state index in [2.05, 4.69) is 0 Å². The summed E-state index contributed by atoms with van der Waals surface area (Å²) in [4.78, 5) is 11.5. The van der Waals surface area contributed by atoms with Crippen molar-refractivity contribution in [3.8, 4) is 0 Å². The summed E-state index contributed by atoms with van der Waals surface area (Å²) in [5.74, 6) is 1.84. The highest BCUT2D eigenvalue weighted by atomic mass is 16.3. The topological polar surface area (TPSA) is 37.3 Å². The molecule has 66 valence electrons. The lowest BCUT2D eigenvalue weighted by Crippen LogP contribution is -2.63. The largest absolute Gasteiger partial charge is 0.390 e. The van der Waals surface area contributed by atoms with Gasteiger partial charge in [-0.15, -0.1) is 0 Å². The second kappa shape index (κ2) is 1.92. The number of rotatable bonds is 0. The number of carbonyl (C=O) groups excluding carboxylic acids is 1. The van der Waals surface area contributed by atoms with Gasteiger partial charge in [-0.1, -0.05) is 0 Å². The fourth-order valence-electron chi connectivity index (χ4n) is 3.64. The van der Waals surface area contributed by atoms with Crippen LogP contribution in [0.4, 0.5) is 0 Å². The van der Waals surface area contributed by atoms with E-state index in [0.29, 0.717) is 23.5 Å². The average Bonchev–Trinajstić information content (AvgIpc) is 2.02. The van der Waals surface area contributed by atoms with Gasteiger partial charge in [-0.05, 0) is 37.5 Å². The van der Waals surface area contributed by atoms with Gasteiger partial charge in [0.25, 0.3) is 0 Å². The molecule has 0 aromatic carbocycles. The molecule has 3 aliphatic carbocycles. The van der Waals surface area contributed by atoms with Gasteiger partial charge in [-0.25, -0.2) is 0 Å². The molecule has 3 aliphatic rings. The van der Waals surface area contributed by atoms with Crippen LogP contribution in [-0.4, -0.2) is 16.5 Å². The Morgan fingerprint density at radius 2 is 2.25 bits per heavy atom. The van der Waals surface area contributed by atoms with Crippen molar-refractivity contribution in [1.82, 2.24) is 0 Å². The number of hydrogen-bond donors (Lipinski definition) is 1. The van der Waals surface area contributed by atoms with Gasteiger partial charge in [0.1, 0.15) is 5.78 Å². The standard InChI is InChI=1S/C10H14O2/c11-9-2-1-8-7-5-10(8,12)4-3-6(7)9/h6-8,12H,1-5H2/t6-,7+,8-,10-/m1/s1. The van der Waals surface area contributed by atoms with Gasteiger partial charge >= 0.3 is 0 Å². The first-order chi connectivity index (χ1) is 5.71. The third kappa shape index (κ3) is 0.634. The molecule has 12 heavy (non-hydrogen) atoms. The minimum Gasteiger partial charge on any atom is -0.390 e. The van der Waals surface area contributed by atoms with E-state index in [9.17, 15) is 9.90 Å². The lowest BCUT2D eigenvalue weighted by atomic mass is 9.46. The van der Waals surface area contributed by atoms with Crippen LogP contribution >= 0.6 is 0 Å². The van der Waals surface area contributed by atoms with Crippen LogP contribution in [0, 0.1) is 17.8 Å². The van der Waals surface area contributed by atoms with Crippen molar-refractivity contribution in [3.63, 3.8) is 0 Å². The van der Waals surface area contributed by atoms with E-state index in [1.807, 2.05) is 0 Å². The van der Waals surface area contributed by atoms with Gasteiger partial charge in [0.2, 0.25) is 0 Å². The highest BCUT2D eigenvalue weighted by Gasteiger charge is 2.61. The zero-order valence-corrected chi connectivity index (χ0v) is 7.12. The van der Waals surface area contributed by atoms with Crippen LogP contribution in [0.2, 0.25) is 0 Å². The molecule has 2 nitrogen and oxygen atoms in total. The molecule has 0 unspecified atom stereocenters. The lowest BCUT2D eigenvalue weighted by Gasteiger charge is -2.61. The van der Waals surface area contributed by atoms with E-state index in [4.69, 9.17) is 0 Å². The predicted molar refractivity (Wildman–Crippen MR) is 43.5 cm³/mol. The minimum atomic E-state index is -0.345. The van der Waals surface area contributed by atoms with Crippen molar-refractivity contribution < 1.29 is 9.90 Å². The summed E-state index contributed by atoms with van der Waals surface area (Å²) in [6.45, 7) is 0. The first-order valence-corrected chi connectivity index (χ1v) is 4.96. The molecule has 2 bridgehead atoms. The monoisotopic (exact) mass is 166 g/mol.